The number of alkyl halides is 3. The van der Waals surface area contributed by atoms with Crippen molar-refractivity contribution in [3.63, 3.8) is 0 Å². The molecule has 0 saturated carbocycles. The normalized spacial score (nSPS) is 12.6. The van der Waals surface area contributed by atoms with E-state index in [0.717, 1.165) is 0 Å². The zero-order valence-corrected chi connectivity index (χ0v) is 8.64. The number of hydrogen-bond acceptors (Lipinski definition) is 2. The van der Waals surface area contributed by atoms with E-state index in [0.29, 0.717) is 16.7 Å². The van der Waals surface area contributed by atoms with Gasteiger partial charge in [-0.25, -0.2) is 0 Å². The third kappa shape index (κ3) is 3.27. The summed E-state index contributed by atoms with van der Waals surface area (Å²) in [5.41, 5.74) is 5.40. The summed E-state index contributed by atoms with van der Waals surface area (Å²) in [4.78, 5) is 10.6. The van der Waals surface area contributed by atoms with Crippen LogP contribution < -0.4 is 5.73 Å². The molecule has 2 nitrogen and oxygen atoms in total. The van der Waals surface area contributed by atoms with E-state index in [9.17, 15) is 18.0 Å². The van der Waals surface area contributed by atoms with Gasteiger partial charge in [0.25, 0.3) is 5.78 Å². The van der Waals surface area contributed by atoms with Crippen LogP contribution in [0.4, 0.5) is 13.2 Å². The second-order valence-electron chi connectivity index (χ2n) is 2.97. The average molecular weight is 250 g/mol. The van der Waals surface area contributed by atoms with Crippen LogP contribution in [-0.2, 0) is 4.79 Å². The van der Waals surface area contributed by atoms with Gasteiger partial charge in [0.2, 0.25) is 0 Å². The minimum absolute atomic E-state index is 0.251. The van der Waals surface area contributed by atoms with Crippen molar-refractivity contribution >= 4 is 23.1 Å². The predicted molar refractivity (Wildman–Crippen MR) is 54.7 cm³/mol. The van der Waals surface area contributed by atoms with E-state index >= 15 is 0 Å². The largest absolute Gasteiger partial charge is 0.454 e. The fraction of sp³-hybridized carbons (Fsp3) is 0.100. The van der Waals surface area contributed by atoms with Crippen molar-refractivity contribution in [2.45, 2.75) is 6.18 Å². The summed E-state index contributed by atoms with van der Waals surface area (Å²) in [6.07, 6.45) is -4.56. The summed E-state index contributed by atoms with van der Waals surface area (Å²) < 4.78 is 35.8. The fourth-order valence-corrected chi connectivity index (χ4v) is 1.07. The topological polar surface area (TPSA) is 43.1 Å². The van der Waals surface area contributed by atoms with Crippen molar-refractivity contribution < 1.29 is 18.0 Å². The third-order valence-electron chi connectivity index (χ3n) is 1.74. The molecule has 2 N–H and O–H groups in total. The molecule has 0 aliphatic rings. The number of halogens is 4. The first-order valence-corrected chi connectivity index (χ1v) is 4.53. The van der Waals surface area contributed by atoms with Crippen molar-refractivity contribution in [1.82, 2.24) is 0 Å². The van der Waals surface area contributed by atoms with Crippen molar-refractivity contribution in [1.29, 1.82) is 0 Å². The summed E-state index contributed by atoms with van der Waals surface area (Å²) in [6.45, 7) is 0. The molecule has 0 aliphatic carbocycles. The SMILES string of the molecule is NC(=CC(=O)C(F)(F)F)c1ccc(Cl)cc1. The van der Waals surface area contributed by atoms with E-state index < -0.39 is 12.0 Å². The number of benzene rings is 1. The molecule has 16 heavy (non-hydrogen) atoms. The number of allylic oxidation sites excluding steroid dienone is 1. The maximum atomic E-state index is 11.9. The fourth-order valence-electron chi connectivity index (χ4n) is 0.949. The highest BCUT2D eigenvalue weighted by Gasteiger charge is 2.36. The highest BCUT2D eigenvalue weighted by atomic mass is 35.5. The predicted octanol–water partition coefficient (Wildman–Crippen LogP) is 2.77. The number of carbonyl (C=O) groups is 1. The lowest BCUT2D eigenvalue weighted by molar-refractivity contribution is -0.165. The van der Waals surface area contributed by atoms with Gasteiger partial charge < -0.3 is 5.73 Å². The van der Waals surface area contributed by atoms with Gasteiger partial charge in [-0.2, -0.15) is 13.2 Å². The molecular weight excluding hydrogens is 243 g/mol. The first kappa shape index (κ1) is 12.6. The summed E-state index contributed by atoms with van der Waals surface area (Å²) >= 11 is 5.59. The Labute approximate surface area is 94.5 Å². The van der Waals surface area contributed by atoms with Gasteiger partial charge >= 0.3 is 6.18 Å². The summed E-state index contributed by atoms with van der Waals surface area (Å²) in [5, 5.41) is 0.429. The van der Waals surface area contributed by atoms with Crippen LogP contribution >= 0.6 is 11.6 Å². The highest BCUT2D eigenvalue weighted by Crippen LogP contribution is 2.19. The van der Waals surface area contributed by atoms with Crippen LogP contribution in [-0.4, -0.2) is 12.0 Å². The Morgan fingerprint density at radius 1 is 1.25 bits per heavy atom. The molecule has 1 rings (SSSR count). The van der Waals surface area contributed by atoms with Gasteiger partial charge in [-0.05, 0) is 17.7 Å². The Balaban J connectivity index is 2.94. The molecule has 0 unspecified atom stereocenters. The first-order chi connectivity index (χ1) is 7.30. The van der Waals surface area contributed by atoms with Crippen LogP contribution in [0.15, 0.2) is 30.3 Å². The maximum absolute atomic E-state index is 11.9. The van der Waals surface area contributed by atoms with E-state index in [-0.39, 0.29) is 5.70 Å². The minimum Gasteiger partial charge on any atom is -0.398 e. The van der Waals surface area contributed by atoms with Gasteiger partial charge in [-0.3, -0.25) is 4.79 Å². The number of carbonyl (C=O) groups excluding carboxylic acids is 1. The van der Waals surface area contributed by atoms with Gasteiger partial charge in [0.1, 0.15) is 0 Å². The molecule has 0 radical (unpaired) electrons. The first-order valence-electron chi connectivity index (χ1n) is 4.15. The molecule has 1 aromatic rings. The van der Waals surface area contributed by atoms with Crippen molar-refractivity contribution in [3.8, 4) is 0 Å². The summed E-state index contributed by atoms with van der Waals surface area (Å²) in [6, 6.07) is 5.79. The van der Waals surface area contributed by atoms with Crippen LogP contribution in [0.1, 0.15) is 5.56 Å². The van der Waals surface area contributed by atoms with Gasteiger partial charge in [-0.1, -0.05) is 23.7 Å². The zero-order chi connectivity index (χ0) is 12.3. The van der Waals surface area contributed by atoms with Crippen LogP contribution in [0.2, 0.25) is 5.02 Å². The lowest BCUT2D eigenvalue weighted by atomic mass is 10.1. The molecule has 0 spiro atoms. The second-order valence-corrected chi connectivity index (χ2v) is 3.41. The van der Waals surface area contributed by atoms with Gasteiger partial charge in [0.05, 0.1) is 0 Å². The molecule has 1 aromatic carbocycles. The third-order valence-corrected chi connectivity index (χ3v) is 2.00. The molecule has 0 saturated heterocycles. The Kier molecular flexibility index (Phi) is 3.59. The van der Waals surface area contributed by atoms with Crippen LogP contribution in [0.5, 0.6) is 0 Å². The van der Waals surface area contributed by atoms with Crippen molar-refractivity contribution in [2.24, 2.45) is 5.73 Å². The molecule has 0 aromatic heterocycles. The number of hydrogen-bond donors (Lipinski definition) is 1. The second kappa shape index (κ2) is 4.57. The van der Waals surface area contributed by atoms with Gasteiger partial charge in [-0.15, -0.1) is 0 Å². The van der Waals surface area contributed by atoms with Crippen molar-refractivity contribution in [3.05, 3.63) is 40.9 Å². The monoisotopic (exact) mass is 249 g/mol. The molecule has 0 aliphatic heterocycles. The standard InChI is InChI=1S/C10H7ClF3NO/c11-7-3-1-6(2-4-7)8(15)5-9(16)10(12,13)14/h1-5H,15H2. The van der Waals surface area contributed by atoms with Crippen LogP contribution in [0, 0.1) is 0 Å². The van der Waals surface area contributed by atoms with E-state index in [1.165, 1.54) is 24.3 Å². The molecule has 6 heteroatoms. The minimum atomic E-state index is -4.91. The Hall–Kier alpha value is -1.49. The molecule has 0 heterocycles. The molecule has 0 atom stereocenters. The lowest BCUT2D eigenvalue weighted by Crippen LogP contribution is -2.21. The Bertz CT molecular complexity index is 423. The maximum Gasteiger partial charge on any atom is 0.454 e. The van der Waals surface area contributed by atoms with Gasteiger partial charge in [0.15, 0.2) is 0 Å². The number of rotatable bonds is 2. The molecular formula is C10H7ClF3NO. The Morgan fingerprint density at radius 2 is 1.75 bits per heavy atom. The molecule has 0 fully saturated rings. The van der Waals surface area contributed by atoms with E-state index in [4.69, 9.17) is 17.3 Å². The average Bonchev–Trinajstić information content (AvgIpc) is 2.17. The summed E-state index contributed by atoms with van der Waals surface area (Å²) in [5.74, 6) is -1.99. The molecule has 86 valence electrons. The van der Waals surface area contributed by atoms with Crippen LogP contribution in [0.3, 0.4) is 0 Å². The van der Waals surface area contributed by atoms with Crippen molar-refractivity contribution in [2.75, 3.05) is 0 Å². The summed E-state index contributed by atoms with van der Waals surface area (Å²) in [7, 11) is 0. The number of ketones is 1. The smallest absolute Gasteiger partial charge is 0.398 e. The van der Waals surface area contributed by atoms with Gasteiger partial charge in [0, 0.05) is 16.8 Å². The lowest BCUT2D eigenvalue weighted by Gasteiger charge is -2.03. The number of nitrogens with two attached hydrogens (primary N) is 1. The van der Waals surface area contributed by atoms with E-state index in [1.807, 2.05) is 0 Å². The van der Waals surface area contributed by atoms with Crippen LogP contribution in [0.25, 0.3) is 5.70 Å². The molecule has 0 bridgehead atoms. The molecule has 0 amide bonds. The van der Waals surface area contributed by atoms with E-state index in [2.05, 4.69) is 0 Å². The zero-order valence-electron chi connectivity index (χ0n) is 7.88. The Morgan fingerprint density at radius 3 is 2.19 bits per heavy atom. The highest BCUT2D eigenvalue weighted by molar-refractivity contribution is 6.30. The quantitative estimate of drug-likeness (QED) is 0.819. The van der Waals surface area contributed by atoms with E-state index in [1.54, 1.807) is 0 Å².